The lowest BCUT2D eigenvalue weighted by Gasteiger charge is -2.38. The molecule has 1 atom stereocenters. The molecular weight excluding hydrogens is 685 g/mol. The van der Waals surface area contributed by atoms with Gasteiger partial charge in [0.15, 0.2) is 6.29 Å². The highest BCUT2D eigenvalue weighted by Gasteiger charge is 2.39. The first-order valence-electron chi connectivity index (χ1n) is 17.3. The van der Waals surface area contributed by atoms with Gasteiger partial charge in [0.2, 0.25) is 0 Å². The van der Waals surface area contributed by atoms with Crippen LogP contribution in [-0.2, 0) is 22.1 Å². The number of likely N-dealkylation sites (tertiary alicyclic amines) is 1. The van der Waals surface area contributed by atoms with Gasteiger partial charge in [0.1, 0.15) is 5.60 Å². The summed E-state index contributed by atoms with van der Waals surface area (Å²) in [5.41, 5.74) is 1.47. The van der Waals surface area contributed by atoms with Crippen LogP contribution in [0.3, 0.4) is 0 Å². The number of morpholine rings is 1. The van der Waals surface area contributed by atoms with Gasteiger partial charge in [0.05, 0.1) is 30.4 Å². The number of anilines is 1. The van der Waals surface area contributed by atoms with Gasteiger partial charge in [-0.2, -0.15) is 18.4 Å². The number of hydrogen-bond acceptors (Lipinski definition) is 7. The third-order valence-corrected chi connectivity index (χ3v) is 9.60. The quantitative estimate of drug-likeness (QED) is 0.200. The van der Waals surface area contributed by atoms with Gasteiger partial charge in [-0.15, -0.1) is 0 Å². The fourth-order valence-electron chi connectivity index (χ4n) is 6.63. The van der Waals surface area contributed by atoms with E-state index >= 15 is 0 Å². The van der Waals surface area contributed by atoms with E-state index in [0.717, 1.165) is 28.8 Å². The molecule has 2 heterocycles. The second-order valence-corrected chi connectivity index (χ2v) is 13.0. The van der Waals surface area contributed by atoms with Gasteiger partial charge in [0, 0.05) is 56.5 Å². The summed E-state index contributed by atoms with van der Waals surface area (Å²) in [6.45, 7) is 3.27. The molecule has 53 heavy (non-hydrogen) atoms. The Bertz CT molecular complexity index is 1930. The minimum absolute atomic E-state index is 0.0104. The lowest BCUT2D eigenvalue weighted by molar-refractivity contribution is -0.137. The number of aliphatic hydroxyl groups is 1. The van der Waals surface area contributed by atoms with Crippen LogP contribution < -0.4 is 5.32 Å². The van der Waals surface area contributed by atoms with E-state index in [4.69, 9.17) is 10.00 Å². The largest absolute Gasteiger partial charge is 0.417 e. The summed E-state index contributed by atoms with van der Waals surface area (Å²) < 4.78 is 42.5. The molecule has 6 rings (SSSR count). The Labute approximate surface area is 306 Å². The van der Waals surface area contributed by atoms with Gasteiger partial charge in [-0.3, -0.25) is 9.59 Å². The maximum atomic E-state index is 13.0. The highest BCUT2D eigenvalue weighted by Crippen LogP contribution is 2.34. The summed E-state index contributed by atoms with van der Waals surface area (Å²) in [6.07, 6.45) is -2.52. The maximum absolute atomic E-state index is 13.0. The normalized spacial score (nSPS) is 16.0. The zero-order chi connectivity index (χ0) is 38.0. The van der Waals surface area contributed by atoms with Crippen LogP contribution in [0.2, 0.25) is 0 Å². The molecule has 4 aromatic carbocycles. The fourth-order valence-corrected chi connectivity index (χ4v) is 6.63. The first-order chi connectivity index (χ1) is 25.5. The zero-order valence-corrected chi connectivity index (χ0v) is 29.3. The Morgan fingerprint density at radius 2 is 1.45 bits per heavy atom. The van der Waals surface area contributed by atoms with Crippen LogP contribution in [0.25, 0.3) is 11.1 Å². The lowest BCUT2D eigenvalue weighted by atomic mass is 9.77. The van der Waals surface area contributed by atoms with Crippen molar-refractivity contribution in [3.63, 3.8) is 0 Å². The number of piperidine rings is 1. The molecule has 1 unspecified atom stereocenters. The molecule has 2 aliphatic heterocycles. The Kier molecular flexibility index (Phi) is 12.7. The Hall–Kier alpha value is -5.51. The summed E-state index contributed by atoms with van der Waals surface area (Å²) >= 11 is 0. The minimum atomic E-state index is -4.49. The number of carbonyl (C=O) groups excluding carboxylic acids is 3. The Morgan fingerprint density at radius 3 is 2.08 bits per heavy atom. The number of halogens is 3. The molecule has 2 aliphatic rings. The molecule has 0 saturated carbocycles. The number of rotatable bonds is 8. The number of aldehydes is 1. The van der Waals surface area contributed by atoms with Crippen LogP contribution in [0.15, 0.2) is 97.1 Å². The third kappa shape index (κ3) is 9.68. The number of ether oxygens (including phenoxy) is 1. The molecule has 0 bridgehead atoms. The predicted octanol–water partition coefficient (Wildman–Crippen LogP) is 6.47. The molecule has 2 saturated heterocycles. The van der Waals surface area contributed by atoms with E-state index < -0.39 is 17.3 Å². The number of nitriles is 1. The monoisotopic (exact) mass is 726 g/mol. The maximum Gasteiger partial charge on any atom is 0.417 e. The first-order valence-corrected chi connectivity index (χ1v) is 17.3. The van der Waals surface area contributed by atoms with Crippen molar-refractivity contribution in [2.45, 2.75) is 31.0 Å². The summed E-state index contributed by atoms with van der Waals surface area (Å²) in [6, 6.07) is 29.5. The smallest absolute Gasteiger partial charge is 0.388 e. The van der Waals surface area contributed by atoms with Crippen molar-refractivity contribution in [2.24, 2.45) is 5.92 Å². The zero-order valence-electron chi connectivity index (χ0n) is 29.3. The number of amides is 2. The second kappa shape index (κ2) is 17.3. The van der Waals surface area contributed by atoms with Crippen molar-refractivity contribution < 1.29 is 37.4 Å². The van der Waals surface area contributed by atoms with Crippen molar-refractivity contribution in [1.29, 1.82) is 5.26 Å². The highest BCUT2D eigenvalue weighted by molar-refractivity contribution is 5.95. The highest BCUT2D eigenvalue weighted by atomic mass is 19.4. The minimum Gasteiger partial charge on any atom is -0.388 e. The summed E-state index contributed by atoms with van der Waals surface area (Å²) in [5.74, 6) is -0.276. The standard InChI is InChI=1S/C32H34N2O5.C9H7F3N2/c35-23-32(38,29-12-14-33(15-13-29)30(36)25-7-2-1-3-8-25)22-24-6-4-9-26(20-24)27-10-5-11-28(21-27)31(37)34-16-18-39-19-17-34;1-14-7-3-2-6(5-13)8(4-7)9(10,11)12/h1-11,20-21,23,29,38H,12-19,22H2;2-4,14H,1H3. The van der Waals surface area contributed by atoms with Crippen molar-refractivity contribution in [3.8, 4) is 17.2 Å². The number of carbonyl (C=O) groups is 3. The van der Waals surface area contributed by atoms with E-state index in [2.05, 4.69) is 5.32 Å². The molecule has 0 spiro atoms. The van der Waals surface area contributed by atoms with Crippen LogP contribution in [0.5, 0.6) is 0 Å². The van der Waals surface area contributed by atoms with E-state index in [1.165, 1.54) is 19.2 Å². The molecule has 4 aromatic rings. The molecule has 9 nitrogen and oxygen atoms in total. The van der Waals surface area contributed by atoms with Gasteiger partial charge in [-0.1, -0.05) is 54.6 Å². The van der Waals surface area contributed by atoms with Crippen LogP contribution in [-0.4, -0.2) is 85.0 Å². The summed E-state index contributed by atoms with van der Waals surface area (Å²) in [7, 11) is 1.52. The SMILES string of the molecule is CNc1ccc(C#N)c(C(F)(F)F)c1.O=CC(O)(Cc1cccc(-c2cccc(C(=O)N3CCOCC3)c2)c1)C1CCN(C(=O)c2ccccc2)CC1. The first kappa shape index (κ1) is 38.7. The topological polar surface area (TPSA) is 123 Å². The van der Waals surface area contributed by atoms with Gasteiger partial charge in [-0.05, 0) is 77.9 Å². The molecule has 0 aliphatic carbocycles. The van der Waals surface area contributed by atoms with E-state index in [1.54, 1.807) is 17.0 Å². The number of hydrogen-bond donors (Lipinski definition) is 2. The number of alkyl halides is 3. The van der Waals surface area contributed by atoms with Crippen LogP contribution >= 0.6 is 0 Å². The molecule has 2 amide bonds. The third-order valence-electron chi connectivity index (χ3n) is 9.60. The van der Waals surface area contributed by atoms with Crippen molar-refractivity contribution >= 4 is 23.8 Å². The predicted molar refractivity (Wildman–Crippen MR) is 194 cm³/mol. The van der Waals surface area contributed by atoms with Crippen LogP contribution in [0.1, 0.15) is 50.2 Å². The number of nitrogens with zero attached hydrogens (tertiary/aromatic N) is 3. The molecule has 12 heteroatoms. The summed E-state index contributed by atoms with van der Waals surface area (Å²) in [5, 5.41) is 22.5. The van der Waals surface area contributed by atoms with Gasteiger partial charge < -0.3 is 29.8 Å². The van der Waals surface area contributed by atoms with Gasteiger partial charge in [0.25, 0.3) is 11.8 Å². The van der Waals surface area contributed by atoms with Crippen LogP contribution in [0, 0.1) is 17.2 Å². The molecule has 2 N–H and O–H groups in total. The molecular formula is C41H41F3N4O5. The summed E-state index contributed by atoms with van der Waals surface area (Å²) in [4.78, 5) is 41.6. The van der Waals surface area contributed by atoms with Crippen molar-refractivity contribution in [1.82, 2.24) is 9.80 Å². The Balaban J connectivity index is 0.000000326. The Morgan fingerprint density at radius 1 is 0.849 bits per heavy atom. The molecule has 0 aromatic heterocycles. The van der Waals surface area contributed by atoms with Gasteiger partial charge >= 0.3 is 6.18 Å². The van der Waals surface area contributed by atoms with E-state index in [0.29, 0.717) is 75.3 Å². The van der Waals surface area contributed by atoms with Crippen molar-refractivity contribution in [3.05, 3.63) is 125 Å². The van der Waals surface area contributed by atoms with E-state index in [-0.39, 0.29) is 29.7 Å². The van der Waals surface area contributed by atoms with Crippen LogP contribution in [0.4, 0.5) is 18.9 Å². The van der Waals surface area contributed by atoms with E-state index in [9.17, 15) is 32.7 Å². The second-order valence-electron chi connectivity index (χ2n) is 13.0. The fraction of sp³-hybridized carbons (Fsp3) is 0.317. The van der Waals surface area contributed by atoms with Gasteiger partial charge in [-0.25, -0.2) is 0 Å². The molecule has 276 valence electrons. The number of benzene rings is 4. The lowest BCUT2D eigenvalue weighted by Crippen LogP contribution is -2.49. The molecule has 0 radical (unpaired) electrons. The molecule has 2 fully saturated rings. The average molecular weight is 727 g/mol. The number of nitrogens with one attached hydrogen (secondary N) is 1. The van der Waals surface area contributed by atoms with E-state index in [1.807, 2.05) is 71.6 Å². The van der Waals surface area contributed by atoms with Crippen molar-refractivity contribution in [2.75, 3.05) is 51.8 Å². The average Bonchev–Trinajstić information content (AvgIpc) is 3.20.